The third kappa shape index (κ3) is 2.93. The van der Waals surface area contributed by atoms with Crippen molar-refractivity contribution in [1.29, 1.82) is 0 Å². The van der Waals surface area contributed by atoms with Crippen LogP contribution in [0.4, 0.5) is 0 Å². The van der Waals surface area contributed by atoms with E-state index in [9.17, 15) is 8.42 Å². The number of aryl methyl sites for hydroxylation is 1. The summed E-state index contributed by atoms with van der Waals surface area (Å²) in [6.07, 6.45) is 0. The van der Waals surface area contributed by atoms with Crippen LogP contribution in [0.25, 0.3) is 0 Å². The summed E-state index contributed by atoms with van der Waals surface area (Å²) < 4.78 is 32.0. The third-order valence-corrected chi connectivity index (χ3v) is 5.87. The predicted octanol–water partition coefficient (Wildman–Crippen LogP) is 1.59. The Morgan fingerprint density at radius 1 is 1.20 bits per heavy atom. The van der Waals surface area contributed by atoms with E-state index in [0.29, 0.717) is 29.4 Å². The minimum atomic E-state index is -3.50. The Labute approximate surface area is 125 Å². The Kier molecular flexibility index (Phi) is 4.59. The van der Waals surface area contributed by atoms with Gasteiger partial charge in [0.25, 0.3) is 0 Å². The Morgan fingerprint density at radius 2 is 1.80 bits per heavy atom. The number of hydrogen-bond donors (Lipinski definition) is 0. The summed E-state index contributed by atoms with van der Waals surface area (Å²) in [6.45, 7) is 4.23. The monoisotopic (exact) mass is 318 g/mol. The molecule has 7 heteroatoms. The van der Waals surface area contributed by atoms with Gasteiger partial charge in [0, 0.05) is 26.2 Å². The maximum Gasteiger partial charge on any atom is 0.243 e. The molecule has 0 amide bonds. The average molecular weight is 319 g/mol. The van der Waals surface area contributed by atoms with Crippen LogP contribution in [0, 0.1) is 6.92 Å². The highest BCUT2D eigenvalue weighted by Gasteiger charge is 2.29. The number of nitrogens with zero attached hydrogens (tertiary/aromatic N) is 2. The number of methoxy groups -OCH3 is 1. The Morgan fingerprint density at radius 3 is 2.35 bits per heavy atom. The topological polar surface area (TPSA) is 49.9 Å². The van der Waals surface area contributed by atoms with Gasteiger partial charge in [0.1, 0.15) is 5.75 Å². The zero-order valence-electron chi connectivity index (χ0n) is 11.9. The largest absolute Gasteiger partial charge is 0.495 e. The van der Waals surface area contributed by atoms with Crippen molar-refractivity contribution in [2.45, 2.75) is 11.8 Å². The lowest BCUT2D eigenvalue weighted by atomic mass is 10.2. The highest BCUT2D eigenvalue weighted by molar-refractivity contribution is 7.89. The van der Waals surface area contributed by atoms with Crippen LogP contribution in [-0.2, 0) is 10.0 Å². The normalized spacial score (nSPS) is 18.2. The maximum absolute atomic E-state index is 12.7. The standard InChI is InChI=1S/C13H19ClN2O3S/c1-10-8-12(19-3)11(14)9-13(10)20(17,18)16-6-4-15(2)5-7-16/h8-9H,4-7H2,1-3H3. The van der Waals surface area contributed by atoms with Gasteiger partial charge in [0.2, 0.25) is 10.0 Å². The summed E-state index contributed by atoms with van der Waals surface area (Å²) in [7, 11) is -0.00215. The molecule has 112 valence electrons. The zero-order chi connectivity index (χ0) is 14.9. The summed E-state index contributed by atoms with van der Waals surface area (Å²) in [5.41, 5.74) is 0.644. The lowest BCUT2D eigenvalue weighted by Gasteiger charge is -2.32. The van der Waals surface area contributed by atoms with Crippen LogP contribution >= 0.6 is 11.6 Å². The Hall–Kier alpha value is -0.820. The highest BCUT2D eigenvalue weighted by Crippen LogP contribution is 2.31. The molecule has 20 heavy (non-hydrogen) atoms. The minimum Gasteiger partial charge on any atom is -0.495 e. The van der Waals surface area contributed by atoms with Crippen molar-refractivity contribution in [3.8, 4) is 5.75 Å². The smallest absolute Gasteiger partial charge is 0.243 e. The first-order chi connectivity index (χ1) is 9.36. The summed E-state index contributed by atoms with van der Waals surface area (Å²) in [5, 5.41) is 0.311. The second-order valence-corrected chi connectivity index (χ2v) is 7.27. The van der Waals surface area contributed by atoms with Crippen molar-refractivity contribution < 1.29 is 13.2 Å². The molecule has 0 aromatic heterocycles. The molecule has 0 aliphatic carbocycles. The molecule has 0 atom stereocenters. The number of likely N-dealkylation sites (N-methyl/N-ethyl adjacent to an activating group) is 1. The van der Waals surface area contributed by atoms with Gasteiger partial charge < -0.3 is 9.64 Å². The van der Waals surface area contributed by atoms with Crippen LogP contribution in [-0.4, -0.2) is 58.0 Å². The lowest BCUT2D eigenvalue weighted by Crippen LogP contribution is -2.47. The molecule has 0 bridgehead atoms. The first kappa shape index (κ1) is 15.6. The van der Waals surface area contributed by atoms with Gasteiger partial charge in [-0.3, -0.25) is 0 Å². The molecule has 0 N–H and O–H groups in total. The molecule has 0 unspecified atom stereocenters. The molecule has 5 nitrogen and oxygen atoms in total. The van der Waals surface area contributed by atoms with Gasteiger partial charge >= 0.3 is 0 Å². The third-order valence-electron chi connectivity index (χ3n) is 3.53. The van der Waals surface area contributed by atoms with Gasteiger partial charge in [-0.05, 0) is 31.7 Å². The summed E-state index contributed by atoms with van der Waals surface area (Å²) in [4.78, 5) is 2.37. The van der Waals surface area contributed by atoms with Crippen molar-refractivity contribution in [2.75, 3.05) is 40.3 Å². The van der Waals surface area contributed by atoms with Gasteiger partial charge in [0.15, 0.2) is 0 Å². The molecule has 1 fully saturated rings. The molecule has 0 saturated carbocycles. The van der Waals surface area contributed by atoms with Crippen molar-refractivity contribution >= 4 is 21.6 Å². The van der Waals surface area contributed by atoms with E-state index in [1.807, 2.05) is 7.05 Å². The van der Waals surface area contributed by atoms with Crippen LogP contribution in [0.5, 0.6) is 5.75 Å². The van der Waals surface area contributed by atoms with Crippen LogP contribution in [0.2, 0.25) is 5.02 Å². The van der Waals surface area contributed by atoms with E-state index in [-0.39, 0.29) is 4.90 Å². The van der Waals surface area contributed by atoms with Gasteiger partial charge in [0.05, 0.1) is 17.0 Å². The maximum atomic E-state index is 12.7. The molecular formula is C13H19ClN2O3S. The molecular weight excluding hydrogens is 300 g/mol. The Bertz CT molecular complexity index is 596. The van der Waals surface area contributed by atoms with E-state index in [4.69, 9.17) is 16.3 Å². The Balaban J connectivity index is 2.37. The molecule has 0 radical (unpaired) electrons. The van der Waals surface area contributed by atoms with Crippen molar-refractivity contribution in [1.82, 2.24) is 9.21 Å². The lowest BCUT2D eigenvalue weighted by molar-refractivity contribution is 0.222. The quantitative estimate of drug-likeness (QED) is 0.849. The molecule has 1 aliphatic heterocycles. The van der Waals surface area contributed by atoms with Gasteiger partial charge in [-0.2, -0.15) is 4.31 Å². The predicted molar refractivity (Wildman–Crippen MR) is 79.0 cm³/mol. The summed E-state index contributed by atoms with van der Waals surface area (Å²) in [5.74, 6) is 0.487. The van der Waals surface area contributed by atoms with Crippen molar-refractivity contribution in [3.63, 3.8) is 0 Å². The molecule has 0 spiro atoms. The van der Waals surface area contributed by atoms with Crippen LogP contribution in [0.15, 0.2) is 17.0 Å². The fraction of sp³-hybridized carbons (Fsp3) is 0.538. The zero-order valence-corrected chi connectivity index (χ0v) is 13.5. The van der Waals surface area contributed by atoms with E-state index in [1.54, 1.807) is 13.0 Å². The fourth-order valence-electron chi connectivity index (χ4n) is 2.24. The van der Waals surface area contributed by atoms with Gasteiger partial charge in [-0.1, -0.05) is 11.6 Å². The average Bonchev–Trinajstić information content (AvgIpc) is 2.41. The van der Waals surface area contributed by atoms with E-state index >= 15 is 0 Å². The molecule has 1 aromatic carbocycles. The van der Waals surface area contributed by atoms with E-state index in [0.717, 1.165) is 13.1 Å². The van der Waals surface area contributed by atoms with Crippen LogP contribution in [0.1, 0.15) is 5.56 Å². The van der Waals surface area contributed by atoms with Gasteiger partial charge in [-0.15, -0.1) is 0 Å². The summed E-state index contributed by atoms with van der Waals surface area (Å²) in [6, 6.07) is 3.13. The summed E-state index contributed by atoms with van der Waals surface area (Å²) >= 11 is 6.05. The molecule has 1 aromatic rings. The van der Waals surface area contributed by atoms with Gasteiger partial charge in [-0.25, -0.2) is 8.42 Å². The second-order valence-electron chi connectivity index (χ2n) is 4.96. The molecule has 1 aliphatic rings. The molecule has 2 rings (SSSR count). The number of hydrogen-bond acceptors (Lipinski definition) is 4. The number of sulfonamides is 1. The number of benzene rings is 1. The van der Waals surface area contributed by atoms with E-state index in [2.05, 4.69) is 4.90 Å². The first-order valence-electron chi connectivity index (χ1n) is 6.39. The minimum absolute atomic E-state index is 0.257. The number of halogens is 1. The molecule has 1 saturated heterocycles. The van der Waals surface area contributed by atoms with Crippen molar-refractivity contribution in [3.05, 3.63) is 22.7 Å². The van der Waals surface area contributed by atoms with Crippen LogP contribution < -0.4 is 4.74 Å². The fourth-order valence-corrected chi connectivity index (χ4v) is 4.20. The van der Waals surface area contributed by atoms with E-state index in [1.165, 1.54) is 17.5 Å². The highest BCUT2D eigenvalue weighted by atomic mass is 35.5. The number of ether oxygens (including phenoxy) is 1. The molecule has 1 heterocycles. The first-order valence-corrected chi connectivity index (χ1v) is 8.21. The number of rotatable bonds is 3. The van der Waals surface area contributed by atoms with Crippen molar-refractivity contribution in [2.24, 2.45) is 0 Å². The SMILES string of the molecule is COc1cc(C)c(S(=O)(=O)N2CCN(C)CC2)cc1Cl. The van der Waals surface area contributed by atoms with E-state index < -0.39 is 10.0 Å². The van der Waals surface area contributed by atoms with Crippen LogP contribution in [0.3, 0.4) is 0 Å². The second kappa shape index (κ2) is 5.89. The number of piperazine rings is 1.